The molecule has 166 valence electrons. The number of anilines is 1. The van der Waals surface area contributed by atoms with Gasteiger partial charge in [-0.15, -0.1) is 0 Å². The van der Waals surface area contributed by atoms with E-state index in [0.717, 1.165) is 22.4 Å². The Kier molecular flexibility index (Phi) is 5.87. The van der Waals surface area contributed by atoms with Gasteiger partial charge in [-0.1, -0.05) is 78.9 Å². The zero-order valence-corrected chi connectivity index (χ0v) is 17.9. The van der Waals surface area contributed by atoms with Crippen LogP contribution >= 0.6 is 0 Å². The summed E-state index contributed by atoms with van der Waals surface area (Å²) in [7, 11) is 0. The molecule has 1 saturated heterocycles. The monoisotopic (exact) mass is 441 g/mol. The van der Waals surface area contributed by atoms with Crippen molar-refractivity contribution < 1.29 is 19.1 Å². The standard InChI is InChI=1S/C26H23N3O4/c30-25-24(28-26(31)33-16-18-9-3-1-4-10-18)27-23(19-11-5-2-6-12-19)21-13-7-8-14-22(21)29(25)15-20-17-32-20/h1-14,20,24H,15-17H2,(H,28,31). The lowest BCUT2D eigenvalue weighted by molar-refractivity contribution is -0.120. The van der Waals surface area contributed by atoms with Gasteiger partial charge in [-0.25, -0.2) is 9.79 Å². The van der Waals surface area contributed by atoms with E-state index < -0.39 is 12.3 Å². The molecular formula is C26H23N3O4. The summed E-state index contributed by atoms with van der Waals surface area (Å²) < 4.78 is 10.7. The molecule has 2 heterocycles. The number of aliphatic imine (C=N–C) groups is 1. The van der Waals surface area contributed by atoms with E-state index in [1.54, 1.807) is 4.90 Å². The third kappa shape index (κ3) is 4.78. The maximum absolute atomic E-state index is 13.6. The molecule has 2 aliphatic rings. The van der Waals surface area contributed by atoms with Gasteiger partial charge in [0.15, 0.2) is 0 Å². The third-order valence-electron chi connectivity index (χ3n) is 5.51. The van der Waals surface area contributed by atoms with Gasteiger partial charge < -0.3 is 14.4 Å². The lowest BCUT2D eigenvalue weighted by Gasteiger charge is -2.24. The number of amides is 2. The van der Waals surface area contributed by atoms with Gasteiger partial charge in [-0.2, -0.15) is 0 Å². The normalized spacial score (nSPS) is 19.2. The average molecular weight is 441 g/mol. The van der Waals surface area contributed by atoms with Crippen molar-refractivity contribution in [3.05, 3.63) is 102 Å². The topological polar surface area (TPSA) is 83.5 Å². The van der Waals surface area contributed by atoms with Gasteiger partial charge in [0.05, 0.1) is 30.7 Å². The minimum Gasteiger partial charge on any atom is -0.445 e. The minimum absolute atomic E-state index is 0.0223. The van der Waals surface area contributed by atoms with E-state index >= 15 is 0 Å². The Morgan fingerprint density at radius 2 is 1.67 bits per heavy atom. The van der Waals surface area contributed by atoms with E-state index in [-0.39, 0.29) is 18.6 Å². The van der Waals surface area contributed by atoms with E-state index in [2.05, 4.69) is 5.32 Å². The third-order valence-corrected chi connectivity index (χ3v) is 5.51. The van der Waals surface area contributed by atoms with Crippen LogP contribution in [0.15, 0.2) is 89.9 Å². The number of benzene rings is 3. The molecule has 0 spiro atoms. The first-order chi connectivity index (χ1) is 16.2. The highest BCUT2D eigenvalue weighted by molar-refractivity contribution is 6.20. The second-order valence-electron chi connectivity index (χ2n) is 7.87. The number of rotatable bonds is 6. The Morgan fingerprint density at radius 3 is 2.39 bits per heavy atom. The molecular weight excluding hydrogens is 418 g/mol. The molecule has 0 bridgehead atoms. The van der Waals surface area contributed by atoms with Crippen LogP contribution in [-0.2, 0) is 20.9 Å². The van der Waals surface area contributed by atoms with Crippen molar-refractivity contribution >= 4 is 23.4 Å². The Hall–Kier alpha value is -3.97. The SMILES string of the molecule is O=C(NC1N=C(c2ccccc2)c2ccccc2N(CC2CO2)C1=O)OCc1ccccc1. The number of nitrogens with zero attached hydrogens (tertiary/aromatic N) is 2. The molecule has 1 fully saturated rings. The Morgan fingerprint density at radius 1 is 1.00 bits per heavy atom. The molecule has 2 unspecified atom stereocenters. The fraction of sp³-hybridized carbons (Fsp3) is 0.192. The molecule has 1 N–H and O–H groups in total. The van der Waals surface area contributed by atoms with Gasteiger partial charge in [0.1, 0.15) is 6.61 Å². The molecule has 7 heteroatoms. The van der Waals surface area contributed by atoms with E-state index in [1.165, 1.54) is 0 Å². The zero-order chi connectivity index (χ0) is 22.6. The molecule has 2 aliphatic heterocycles. The number of alkyl carbamates (subject to hydrolysis) is 1. The summed E-state index contributed by atoms with van der Waals surface area (Å²) in [5.74, 6) is -0.333. The Labute approximate surface area is 191 Å². The Bertz CT molecular complexity index is 1180. The van der Waals surface area contributed by atoms with Crippen LogP contribution in [0.1, 0.15) is 16.7 Å². The average Bonchev–Trinajstić information content (AvgIpc) is 3.69. The molecule has 2 atom stereocenters. The summed E-state index contributed by atoms with van der Waals surface area (Å²) in [4.78, 5) is 32.5. The predicted octanol–water partition coefficient (Wildman–Crippen LogP) is 3.52. The van der Waals surface area contributed by atoms with Crippen molar-refractivity contribution in [3.63, 3.8) is 0 Å². The van der Waals surface area contributed by atoms with Crippen molar-refractivity contribution in [1.82, 2.24) is 5.32 Å². The molecule has 2 amide bonds. The lowest BCUT2D eigenvalue weighted by Crippen LogP contribution is -2.48. The van der Waals surface area contributed by atoms with E-state index in [0.29, 0.717) is 18.9 Å². The lowest BCUT2D eigenvalue weighted by atomic mass is 10.0. The highest BCUT2D eigenvalue weighted by Gasteiger charge is 2.37. The van der Waals surface area contributed by atoms with Gasteiger partial charge in [0.25, 0.3) is 5.91 Å². The molecule has 33 heavy (non-hydrogen) atoms. The molecule has 3 aromatic rings. The van der Waals surface area contributed by atoms with Crippen LogP contribution in [0.3, 0.4) is 0 Å². The first-order valence-electron chi connectivity index (χ1n) is 10.8. The highest BCUT2D eigenvalue weighted by atomic mass is 16.6. The highest BCUT2D eigenvalue weighted by Crippen LogP contribution is 2.29. The number of hydrogen-bond acceptors (Lipinski definition) is 5. The van der Waals surface area contributed by atoms with Crippen molar-refractivity contribution in [1.29, 1.82) is 0 Å². The first kappa shape index (κ1) is 20.9. The summed E-state index contributed by atoms with van der Waals surface area (Å²) in [6.07, 6.45) is -1.86. The Balaban J connectivity index is 1.46. The number of nitrogens with one attached hydrogen (secondary N) is 1. The second-order valence-corrected chi connectivity index (χ2v) is 7.87. The molecule has 0 aromatic heterocycles. The van der Waals surface area contributed by atoms with Crippen molar-refractivity contribution in [2.45, 2.75) is 18.9 Å². The summed E-state index contributed by atoms with van der Waals surface area (Å²) in [6, 6.07) is 26.6. The van der Waals surface area contributed by atoms with E-state index in [9.17, 15) is 9.59 Å². The quantitative estimate of drug-likeness (QED) is 0.594. The van der Waals surface area contributed by atoms with E-state index in [4.69, 9.17) is 14.5 Å². The maximum Gasteiger partial charge on any atom is 0.409 e. The predicted molar refractivity (Wildman–Crippen MR) is 124 cm³/mol. The van der Waals surface area contributed by atoms with Crippen molar-refractivity contribution in [2.24, 2.45) is 4.99 Å². The van der Waals surface area contributed by atoms with Crippen LogP contribution in [-0.4, -0.2) is 43.1 Å². The van der Waals surface area contributed by atoms with Crippen LogP contribution in [0.4, 0.5) is 10.5 Å². The number of carbonyl (C=O) groups is 2. The number of para-hydroxylation sites is 1. The van der Waals surface area contributed by atoms with Crippen LogP contribution in [0, 0.1) is 0 Å². The van der Waals surface area contributed by atoms with Crippen LogP contribution in [0.25, 0.3) is 0 Å². The van der Waals surface area contributed by atoms with Gasteiger partial charge >= 0.3 is 6.09 Å². The number of ether oxygens (including phenoxy) is 2. The van der Waals surface area contributed by atoms with Gasteiger partial charge in [-0.3, -0.25) is 10.1 Å². The van der Waals surface area contributed by atoms with Gasteiger partial charge in [-0.05, 0) is 11.6 Å². The molecule has 0 aliphatic carbocycles. The minimum atomic E-state index is -1.13. The number of fused-ring (bicyclic) bond motifs is 1. The maximum atomic E-state index is 13.6. The van der Waals surface area contributed by atoms with Crippen LogP contribution in [0.5, 0.6) is 0 Å². The molecule has 3 aromatic carbocycles. The van der Waals surface area contributed by atoms with Gasteiger partial charge in [0, 0.05) is 11.1 Å². The van der Waals surface area contributed by atoms with Crippen molar-refractivity contribution in [2.75, 3.05) is 18.1 Å². The van der Waals surface area contributed by atoms with E-state index in [1.807, 2.05) is 84.9 Å². The molecule has 5 rings (SSSR count). The largest absolute Gasteiger partial charge is 0.445 e. The summed E-state index contributed by atoms with van der Waals surface area (Å²) in [5, 5.41) is 2.66. The zero-order valence-electron chi connectivity index (χ0n) is 17.9. The number of carbonyl (C=O) groups excluding carboxylic acids is 2. The first-order valence-corrected chi connectivity index (χ1v) is 10.8. The van der Waals surface area contributed by atoms with Gasteiger partial charge in [0.2, 0.25) is 6.17 Å². The molecule has 0 saturated carbocycles. The summed E-state index contributed by atoms with van der Waals surface area (Å²) in [5.41, 5.74) is 3.90. The molecule has 7 nitrogen and oxygen atoms in total. The number of hydrogen-bond donors (Lipinski definition) is 1. The fourth-order valence-electron chi connectivity index (χ4n) is 3.79. The van der Waals surface area contributed by atoms with Crippen LogP contribution < -0.4 is 10.2 Å². The van der Waals surface area contributed by atoms with Crippen LogP contribution in [0.2, 0.25) is 0 Å². The number of benzodiazepines with no additional fused rings is 1. The van der Waals surface area contributed by atoms with Crippen molar-refractivity contribution in [3.8, 4) is 0 Å². The smallest absolute Gasteiger partial charge is 0.409 e. The fourth-order valence-corrected chi connectivity index (χ4v) is 3.79. The molecule has 0 radical (unpaired) electrons. The summed E-state index contributed by atoms with van der Waals surface area (Å²) >= 11 is 0. The summed E-state index contributed by atoms with van der Waals surface area (Å²) in [6.45, 7) is 1.10. The second kappa shape index (κ2) is 9.26. The number of epoxide rings is 1.